The minimum Gasteiger partial charge on any atom is -0.497 e. The molecular formula is C20H17NO3. The number of carbonyl (C=O) groups excluding carboxylic acids is 1. The molecule has 0 atom stereocenters. The Bertz CT molecular complexity index is 822. The number of aryl methyl sites for hydroxylation is 1. The third kappa shape index (κ3) is 3.60. The summed E-state index contributed by atoms with van der Waals surface area (Å²) in [6, 6.07) is 18.5. The average Bonchev–Trinajstić information content (AvgIpc) is 2.63. The van der Waals surface area contributed by atoms with Gasteiger partial charge in [-0.25, -0.2) is 9.78 Å². The average molecular weight is 319 g/mol. The summed E-state index contributed by atoms with van der Waals surface area (Å²) in [5, 5.41) is 0. The van der Waals surface area contributed by atoms with E-state index < -0.39 is 5.97 Å². The molecule has 0 fully saturated rings. The lowest BCUT2D eigenvalue weighted by Gasteiger charge is -2.06. The Kier molecular flexibility index (Phi) is 4.57. The van der Waals surface area contributed by atoms with Crippen molar-refractivity contribution in [1.29, 1.82) is 0 Å². The second kappa shape index (κ2) is 6.96. The van der Waals surface area contributed by atoms with Gasteiger partial charge in [0.25, 0.3) is 0 Å². The van der Waals surface area contributed by atoms with Crippen molar-refractivity contribution >= 4 is 5.97 Å². The number of rotatable bonds is 4. The number of methoxy groups -OCH3 is 1. The second-order valence-corrected chi connectivity index (χ2v) is 5.37. The molecule has 120 valence electrons. The summed E-state index contributed by atoms with van der Waals surface area (Å²) < 4.78 is 10.4. The molecule has 3 aromatic rings. The van der Waals surface area contributed by atoms with Gasteiger partial charge in [0.2, 0.25) is 5.88 Å². The van der Waals surface area contributed by atoms with Gasteiger partial charge in [-0.2, -0.15) is 0 Å². The molecule has 0 saturated carbocycles. The number of carbonyl (C=O) groups is 1. The van der Waals surface area contributed by atoms with Gasteiger partial charge in [0, 0.05) is 17.8 Å². The van der Waals surface area contributed by atoms with E-state index in [0.29, 0.717) is 5.56 Å². The SMILES string of the molecule is COc1ccc(-c2ccc(OC(=O)c3ccc(C)cc3)nc2)cc1. The highest BCUT2D eigenvalue weighted by molar-refractivity contribution is 5.90. The lowest BCUT2D eigenvalue weighted by atomic mass is 10.1. The monoisotopic (exact) mass is 319 g/mol. The molecule has 2 aromatic carbocycles. The summed E-state index contributed by atoms with van der Waals surface area (Å²) in [6.45, 7) is 1.97. The topological polar surface area (TPSA) is 48.4 Å². The van der Waals surface area contributed by atoms with Crippen LogP contribution in [0.25, 0.3) is 11.1 Å². The quantitative estimate of drug-likeness (QED) is 0.673. The molecule has 0 saturated heterocycles. The number of ether oxygens (including phenoxy) is 2. The van der Waals surface area contributed by atoms with Crippen LogP contribution >= 0.6 is 0 Å². The lowest BCUT2D eigenvalue weighted by molar-refractivity contribution is 0.0727. The highest BCUT2D eigenvalue weighted by Gasteiger charge is 2.09. The highest BCUT2D eigenvalue weighted by atomic mass is 16.5. The summed E-state index contributed by atoms with van der Waals surface area (Å²) >= 11 is 0. The van der Waals surface area contributed by atoms with Gasteiger partial charge in [0.15, 0.2) is 0 Å². The van der Waals surface area contributed by atoms with Crippen molar-refractivity contribution < 1.29 is 14.3 Å². The smallest absolute Gasteiger partial charge is 0.344 e. The summed E-state index contributed by atoms with van der Waals surface area (Å²) in [7, 11) is 1.63. The van der Waals surface area contributed by atoms with Gasteiger partial charge in [-0.1, -0.05) is 29.8 Å². The molecule has 1 heterocycles. The number of benzene rings is 2. The van der Waals surface area contributed by atoms with Gasteiger partial charge in [0.1, 0.15) is 5.75 Å². The maximum atomic E-state index is 12.1. The van der Waals surface area contributed by atoms with Crippen LogP contribution in [-0.4, -0.2) is 18.1 Å². The number of hydrogen-bond acceptors (Lipinski definition) is 4. The molecule has 0 aliphatic heterocycles. The Hall–Kier alpha value is -3.14. The first-order valence-corrected chi connectivity index (χ1v) is 7.55. The van der Waals surface area contributed by atoms with Crippen LogP contribution in [-0.2, 0) is 0 Å². The van der Waals surface area contributed by atoms with Gasteiger partial charge in [-0.3, -0.25) is 0 Å². The summed E-state index contributed by atoms with van der Waals surface area (Å²) in [5.74, 6) is 0.660. The van der Waals surface area contributed by atoms with Crippen molar-refractivity contribution in [1.82, 2.24) is 4.98 Å². The summed E-state index contributed by atoms with van der Waals surface area (Å²) in [5.41, 5.74) is 3.54. The number of aromatic nitrogens is 1. The van der Waals surface area contributed by atoms with Crippen LogP contribution in [0.1, 0.15) is 15.9 Å². The minimum absolute atomic E-state index is 0.276. The van der Waals surface area contributed by atoms with Gasteiger partial charge >= 0.3 is 5.97 Å². The Morgan fingerprint density at radius 3 is 2.12 bits per heavy atom. The predicted molar refractivity (Wildman–Crippen MR) is 92.4 cm³/mol. The third-order valence-electron chi connectivity index (χ3n) is 3.64. The van der Waals surface area contributed by atoms with Crippen LogP contribution in [0.4, 0.5) is 0 Å². The van der Waals surface area contributed by atoms with Gasteiger partial charge in [-0.05, 0) is 42.8 Å². The highest BCUT2D eigenvalue weighted by Crippen LogP contribution is 2.23. The molecule has 0 bridgehead atoms. The van der Waals surface area contributed by atoms with Crippen LogP contribution in [0.5, 0.6) is 11.6 Å². The van der Waals surface area contributed by atoms with Gasteiger partial charge in [-0.15, -0.1) is 0 Å². The predicted octanol–water partition coefficient (Wildman–Crippen LogP) is 4.28. The molecule has 0 spiro atoms. The zero-order valence-corrected chi connectivity index (χ0v) is 13.5. The molecule has 4 nitrogen and oxygen atoms in total. The Morgan fingerprint density at radius 1 is 0.875 bits per heavy atom. The Morgan fingerprint density at radius 2 is 1.54 bits per heavy atom. The first-order valence-electron chi connectivity index (χ1n) is 7.55. The first-order chi connectivity index (χ1) is 11.7. The number of hydrogen-bond donors (Lipinski definition) is 0. The molecule has 4 heteroatoms. The standard InChI is InChI=1S/C20H17NO3/c1-14-3-5-16(6-4-14)20(22)24-19-12-9-17(13-21-19)15-7-10-18(23-2)11-8-15/h3-13H,1-2H3. The van der Waals surface area contributed by atoms with E-state index in [-0.39, 0.29) is 5.88 Å². The van der Waals surface area contributed by atoms with E-state index in [1.807, 2.05) is 49.4 Å². The third-order valence-corrected chi connectivity index (χ3v) is 3.64. The first kappa shape index (κ1) is 15.7. The molecule has 0 N–H and O–H groups in total. The van der Waals surface area contributed by atoms with Crippen molar-refractivity contribution in [2.75, 3.05) is 7.11 Å². The van der Waals surface area contributed by atoms with E-state index in [0.717, 1.165) is 22.4 Å². The van der Waals surface area contributed by atoms with Crippen LogP contribution < -0.4 is 9.47 Å². The molecule has 0 radical (unpaired) electrons. The fourth-order valence-corrected chi connectivity index (χ4v) is 2.24. The van der Waals surface area contributed by atoms with Crippen LogP contribution in [0.15, 0.2) is 66.9 Å². The minimum atomic E-state index is -0.417. The zero-order valence-electron chi connectivity index (χ0n) is 13.5. The molecule has 3 rings (SSSR count). The van der Waals surface area contributed by atoms with Crippen molar-refractivity contribution in [3.8, 4) is 22.8 Å². The van der Waals surface area contributed by atoms with Crippen LogP contribution in [0.3, 0.4) is 0 Å². The van der Waals surface area contributed by atoms with E-state index in [4.69, 9.17) is 9.47 Å². The molecular weight excluding hydrogens is 302 g/mol. The Labute approximate surface area is 140 Å². The molecule has 0 unspecified atom stereocenters. The van der Waals surface area contributed by atoms with Crippen molar-refractivity contribution in [3.05, 3.63) is 78.0 Å². The zero-order chi connectivity index (χ0) is 16.9. The molecule has 1 aromatic heterocycles. The maximum Gasteiger partial charge on any atom is 0.344 e. The Balaban J connectivity index is 1.71. The molecule has 24 heavy (non-hydrogen) atoms. The fourth-order valence-electron chi connectivity index (χ4n) is 2.24. The number of pyridine rings is 1. The fraction of sp³-hybridized carbons (Fsp3) is 0.100. The van der Waals surface area contributed by atoms with Gasteiger partial charge < -0.3 is 9.47 Å². The van der Waals surface area contributed by atoms with Crippen molar-refractivity contribution in [2.45, 2.75) is 6.92 Å². The van der Waals surface area contributed by atoms with Crippen LogP contribution in [0, 0.1) is 6.92 Å². The van der Waals surface area contributed by atoms with E-state index in [1.165, 1.54) is 0 Å². The maximum absolute atomic E-state index is 12.1. The molecule has 0 aliphatic carbocycles. The molecule has 0 amide bonds. The number of esters is 1. The normalized spacial score (nSPS) is 10.2. The summed E-state index contributed by atoms with van der Waals surface area (Å²) in [6.07, 6.45) is 1.68. The van der Waals surface area contributed by atoms with E-state index in [2.05, 4.69) is 4.98 Å². The summed E-state index contributed by atoms with van der Waals surface area (Å²) in [4.78, 5) is 16.3. The van der Waals surface area contributed by atoms with Crippen molar-refractivity contribution in [2.24, 2.45) is 0 Å². The van der Waals surface area contributed by atoms with Gasteiger partial charge in [0.05, 0.1) is 12.7 Å². The largest absolute Gasteiger partial charge is 0.497 e. The number of nitrogens with zero attached hydrogens (tertiary/aromatic N) is 1. The van der Waals surface area contributed by atoms with E-state index >= 15 is 0 Å². The lowest BCUT2D eigenvalue weighted by Crippen LogP contribution is -2.09. The van der Waals surface area contributed by atoms with Crippen LogP contribution in [0.2, 0.25) is 0 Å². The van der Waals surface area contributed by atoms with E-state index in [9.17, 15) is 4.79 Å². The molecule has 0 aliphatic rings. The van der Waals surface area contributed by atoms with Crippen molar-refractivity contribution in [3.63, 3.8) is 0 Å². The second-order valence-electron chi connectivity index (χ2n) is 5.37. The van der Waals surface area contributed by atoms with E-state index in [1.54, 1.807) is 31.5 Å².